The molecule has 6 nitrogen and oxygen atoms in total. The van der Waals surface area contributed by atoms with Gasteiger partial charge in [0.1, 0.15) is 0 Å². The molecule has 126 valence electrons. The Morgan fingerprint density at radius 3 is 2.25 bits per heavy atom. The Hall–Kier alpha value is -2.54. The minimum absolute atomic E-state index is 0.166. The molecule has 0 heterocycles. The van der Waals surface area contributed by atoms with Crippen molar-refractivity contribution in [1.29, 1.82) is 0 Å². The van der Waals surface area contributed by atoms with Gasteiger partial charge < -0.3 is 9.47 Å². The highest BCUT2D eigenvalue weighted by Gasteiger charge is 2.11. The molecule has 2 N–H and O–H groups in total. The highest BCUT2D eigenvalue weighted by Crippen LogP contribution is 2.27. The maximum absolute atomic E-state index is 12.1. The van der Waals surface area contributed by atoms with Crippen LogP contribution >= 0.6 is 15.9 Å². The van der Waals surface area contributed by atoms with Gasteiger partial charge in [-0.15, -0.1) is 0 Å². The lowest BCUT2D eigenvalue weighted by Gasteiger charge is -2.10. The van der Waals surface area contributed by atoms with Crippen LogP contribution in [0.4, 0.5) is 0 Å². The normalized spacial score (nSPS) is 9.96. The Morgan fingerprint density at radius 1 is 0.958 bits per heavy atom. The first-order chi connectivity index (χ1) is 11.5. The summed E-state index contributed by atoms with van der Waals surface area (Å²) in [6, 6.07) is 12.1. The molecule has 7 heteroatoms. The summed E-state index contributed by atoms with van der Waals surface area (Å²) in [7, 11) is 3.00. The van der Waals surface area contributed by atoms with E-state index < -0.39 is 5.91 Å². The van der Waals surface area contributed by atoms with Crippen LogP contribution in [0.25, 0.3) is 0 Å². The number of halogens is 1. The number of ether oxygens (including phenoxy) is 2. The molecule has 2 amide bonds. The monoisotopic (exact) mass is 392 g/mol. The van der Waals surface area contributed by atoms with Crippen molar-refractivity contribution in [3.8, 4) is 11.5 Å². The standard InChI is InChI=1S/C17H17BrN2O4/c1-23-14-8-5-12(10-15(14)24-2)17(22)20-19-16(21)9-11-3-6-13(18)7-4-11/h3-8,10H,9H2,1-2H3,(H,19,21)(H,20,22). The molecule has 0 spiro atoms. The number of hydrogen-bond donors (Lipinski definition) is 2. The number of rotatable bonds is 5. The van der Waals surface area contributed by atoms with E-state index in [1.165, 1.54) is 20.3 Å². The van der Waals surface area contributed by atoms with Gasteiger partial charge >= 0.3 is 0 Å². The third-order valence-corrected chi connectivity index (χ3v) is 3.77. The minimum Gasteiger partial charge on any atom is -0.493 e. The smallest absolute Gasteiger partial charge is 0.269 e. The molecule has 0 aliphatic carbocycles. The highest BCUT2D eigenvalue weighted by molar-refractivity contribution is 9.10. The van der Waals surface area contributed by atoms with Crippen molar-refractivity contribution in [2.24, 2.45) is 0 Å². The Morgan fingerprint density at radius 2 is 1.62 bits per heavy atom. The fourth-order valence-corrected chi connectivity index (χ4v) is 2.27. The van der Waals surface area contributed by atoms with E-state index >= 15 is 0 Å². The van der Waals surface area contributed by atoms with Gasteiger partial charge in [0.2, 0.25) is 5.91 Å². The molecule has 0 radical (unpaired) electrons. The molecule has 0 aliphatic rings. The molecule has 0 fully saturated rings. The maximum Gasteiger partial charge on any atom is 0.269 e. The average molecular weight is 393 g/mol. The van der Waals surface area contributed by atoms with Crippen LogP contribution in [0.2, 0.25) is 0 Å². The van der Waals surface area contributed by atoms with Crippen molar-refractivity contribution in [2.75, 3.05) is 14.2 Å². The Balaban J connectivity index is 1.92. The van der Waals surface area contributed by atoms with Gasteiger partial charge in [0, 0.05) is 10.0 Å². The molecule has 0 bridgehead atoms. The van der Waals surface area contributed by atoms with Gasteiger partial charge in [-0.1, -0.05) is 28.1 Å². The molecule has 24 heavy (non-hydrogen) atoms. The Labute approximate surface area is 148 Å². The van der Waals surface area contributed by atoms with E-state index in [0.717, 1.165) is 10.0 Å². The third kappa shape index (κ3) is 4.73. The maximum atomic E-state index is 12.1. The third-order valence-electron chi connectivity index (χ3n) is 3.24. The molecule has 0 unspecified atom stereocenters. The van der Waals surface area contributed by atoms with E-state index in [9.17, 15) is 9.59 Å². The van der Waals surface area contributed by atoms with Crippen molar-refractivity contribution in [3.05, 3.63) is 58.1 Å². The lowest BCUT2D eigenvalue weighted by molar-refractivity contribution is -0.121. The first-order valence-corrected chi connectivity index (χ1v) is 7.88. The minimum atomic E-state index is -0.444. The summed E-state index contributed by atoms with van der Waals surface area (Å²) < 4.78 is 11.2. The van der Waals surface area contributed by atoms with E-state index in [1.807, 2.05) is 24.3 Å². The van der Waals surface area contributed by atoms with Crippen LogP contribution in [0.3, 0.4) is 0 Å². The summed E-state index contributed by atoms with van der Waals surface area (Å²) in [5, 5.41) is 0. The number of carbonyl (C=O) groups excluding carboxylic acids is 2. The second-order valence-corrected chi connectivity index (χ2v) is 5.79. The SMILES string of the molecule is COc1ccc(C(=O)NNC(=O)Cc2ccc(Br)cc2)cc1OC. The van der Waals surface area contributed by atoms with Crippen LogP contribution in [-0.2, 0) is 11.2 Å². The largest absolute Gasteiger partial charge is 0.493 e. The summed E-state index contributed by atoms with van der Waals surface area (Å²) in [5.41, 5.74) is 5.95. The van der Waals surface area contributed by atoms with Gasteiger partial charge in [-0.2, -0.15) is 0 Å². The van der Waals surface area contributed by atoms with Crippen molar-refractivity contribution in [2.45, 2.75) is 6.42 Å². The van der Waals surface area contributed by atoms with E-state index in [-0.39, 0.29) is 12.3 Å². The van der Waals surface area contributed by atoms with Crippen LogP contribution < -0.4 is 20.3 Å². The molecule has 0 aliphatic heterocycles. The molecule has 2 aromatic rings. The molecule has 0 saturated carbocycles. The van der Waals surface area contributed by atoms with E-state index in [4.69, 9.17) is 9.47 Å². The van der Waals surface area contributed by atoms with Crippen LogP contribution in [0.5, 0.6) is 11.5 Å². The zero-order valence-electron chi connectivity index (χ0n) is 13.3. The van der Waals surface area contributed by atoms with Crippen molar-refractivity contribution in [3.63, 3.8) is 0 Å². The second-order valence-electron chi connectivity index (χ2n) is 4.88. The quantitative estimate of drug-likeness (QED) is 0.766. The number of nitrogens with one attached hydrogen (secondary N) is 2. The first kappa shape index (κ1) is 17.8. The van der Waals surface area contributed by atoms with Crippen LogP contribution in [-0.4, -0.2) is 26.0 Å². The Kier molecular flexibility index (Phi) is 6.20. The number of carbonyl (C=O) groups is 2. The highest BCUT2D eigenvalue weighted by atomic mass is 79.9. The average Bonchev–Trinajstić information content (AvgIpc) is 2.61. The first-order valence-electron chi connectivity index (χ1n) is 7.09. The van der Waals surface area contributed by atoms with Crippen molar-refractivity contribution in [1.82, 2.24) is 10.9 Å². The van der Waals surface area contributed by atoms with Gasteiger partial charge in [-0.05, 0) is 35.9 Å². The molecule has 2 rings (SSSR count). The Bertz CT molecular complexity index is 732. The summed E-state index contributed by atoms with van der Waals surface area (Å²) in [5.74, 6) is 0.200. The van der Waals surface area contributed by atoms with E-state index in [1.54, 1.807) is 12.1 Å². The summed E-state index contributed by atoms with van der Waals surface area (Å²) >= 11 is 3.33. The topological polar surface area (TPSA) is 76.7 Å². The molecule has 0 atom stereocenters. The number of amides is 2. The summed E-state index contributed by atoms with van der Waals surface area (Å²) in [4.78, 5) is 24.0. The second kappa shape index (κ2) is 8.35. The number of methoxy groups -OCH3 is 2. The van der Waals surface area contributed by atoms with Crippen molar-refractivity contribution >= 4 is 27.7 Å². The summed E-state index contributed by atoms with van der Waals surface area (Å²) in [6.07, 6.45) is 0.166. The van der Waals surface area contributed by atoms with Crippen LogP contribution in [0.1, 0.15) is 15.9 Å². The zero-order chi connectivity index (χ0) is 17.5. The molecular weight excluding hydrogens is 376 g/mol. The molecular formula is C17H17BrN2O4. The van der Waals surface area contributed by atoms with Gasteiger partial charge in [0.25, 0.3) is 5.91 Å². The predicted octanol–water partition coefficient (Wildman–Crippen LogP) is 2.47. The zero-order valence-corrected chi connectivity index (χ0v) is 14.8. The molecule has 0 aromatic heterocycles. The van der Waals surface area contributed by atoms with Gasteiger partial charge in [0.05, 0.1) is 20.6 Å². The van der Waals surface area contributed by atoms with E-state index in [0.29, 0.717) is 17.1 Å². The van der Waals surface area contributed by atoms with Crippen LogP contribution in [0.15, 0.2) is 46.9 Å². The lowest BCUT2D eigenvalue weighted by atomic mass is 10.1. The van der Waals surface area contributed by atoms with Gasteiger partial charge in [-0.25, -0.2) is 0 Å². The number of hydrogen-bond acceptors (Lipinski definition) is 4. The number of benzene rings is 2. The van der Waals surface area contributed by atoms with E-state index in [2.05, 4.69) is 26.8 Å². The van der Waals surface area contributed by atoms with Crippen molar-refractivity contribution < 1.29 is 19.1 Å². The summed E-state index contributed by atoms with van der Waals surface area (Å²) in [6.45, 7) is 0. The lowest BCUT2D eigenvalue weighted by Crippen LogP contribution is -2.42. The van der Waals surface area contributed by atoms with Gasteiger partial charge in [-0.3, -0.25) is 20.4 Å². The fraction of sp³-hybridized carbons (Fsp3) is 0.176. The fourth-order valence-electron chi connectivity index (χ4n) is 2.01. The van der Waals surface area contributed by atoms with Gasteiger partial charge in [0.15, 0.2) is 11.5 Å². The molecule has 2 aromatic carbocycles. The van der Waals surface area contributed by atoms with Crippen LogP contribution in [0, 0.1) is 0 Å². The molecule has 0 saturated heterocycles. The predicted molar refractivity (Wildman–Crippen MR) is 93.0 cm³/mol. The number of hydrazine groups is 1.